The van der Waals surface area contributed by atoms with Crippen molar-refractivity contribution in [3.05, 3.63) is 70.8 Å². The number of aromatic nitrogens is 3. The molecular formula is C19H17ClFN3OS. The van der Waals surface area contributed by atoms with Gasteiger partial charge in [-0.3, -0.25) is 4.57 Å². The molecule has 1 fully saturated rings. The van der Waals surface area contributed by atoms with Crippen LogP contribution in [0, 0.1) is 5.82 Å². The second-order valence-electron chi connectivity index (χ2n) is 6.10. The Bertz CT molecular complexity index is 846. The van der Waals surface area contributed by atoms with E-state index in [0.717, 1.165) is 23.8 Å². The van der Waals surface area contributed by atoms with Crippen molar-refractivity contribution in [3.8, 4) is 5.75 Å². The fourth-order valence-electron chi connectivity index (χ4n) is 2.67. The summed E-state index contributed by atoms with van der Waals surface area (Å²) in [5, 5.41) is 9.95. The number of halogens is 2. The van der Waals surface area contributed by atoms with Gasteiger partial charge in [-0.25, -0.2) is 4.39 Å². The molecule has 0 radical (unpaired) electrons. The summed E-state index contributed by atoms with van der Waals surface area (Å²) >= 11 is 7.63. The Labute approximate surface area is 160 Å². The number of benzene rings is 2. The van der Waals surface area contributed by atoms with Crippen LogP contribution in [-0.4, -0.2) is 14.8 Å². The van der Waals surface area contributed by atoms with Gasteiger partial charge in [-0.05, 0) is 36.6 Å². The Balaban J connectivity index is 1.48. The van der Waals surface area contributed by atoms with Crippen LogP contribution < -0.4 is 4.74 Å². The maximum atomic E-state index is 13.8. The van der Waals surface area contributed by atoms with E-state index in [1.54, 1.807) is 18.2 Å². The van der Waals surface area contributed by atoms with Gasteiger partial charge in [0, 0.05) is 11.8 Å². The molecule has 4 rings (SSSR count). The number of nitrogens with zero attached hydrogens (tertiary/aromatic N) is 3. The van der Waals surface area contributed by atoms with Crippen LogP contribution in [0.4, 0.5) is 4.39 Å². The van der Waals surface area contributed by atoms with E-state index in [9.17, 15) is 4.39 Å². The summed E-state index contributed by atoms with van der Waals surface area (Å²) in [6.07, 6.45) is 2.20. The lowest BCUT2D eigenvalue weighted by Crippen LogP contribution is -2.07. The van der Waals surface area contributed by atoms with Gasteiger partial charge < -0.3 is 4.74 Å². The number of para-hydroxylation sites is 1. The summed E-state index contributed by atoms with van der Waals surface area (Å²) in [6, 6.07) is 14.6. The van der Waals surface area contributed by atoms with Crippen molar-refractivity contribution in [1.82, 2.24) is 14.8 Å². The Morgan fingerprint density at radius 1 is 1.12 bits per heavy atom. The Morgan fingerprint density at radius 3 is 2.65 bits per heavy atom. The standard InChI is InChI=1S/C19H17ClFN3OS/c20-15-6-2-4-8-17(15)25-11-18-22-23-19(24(18)14-9-10-14)26-12-13-5-1-3-7-16(13)21/h1-8,14H,9-12H2. The zero-order valence-corrected chi connectivity index (χ0v) is 15.5. The molecule has 1 aliphatic rings. The molecule has 0 bridgehead atoms. The fraction of sp³-hybridized carbons (Fsp3) is 0.263. The third-order valence-electron chi connectivity index (χ3n) is 4.16. The van der Waals surface area contributed by atoms with Crippen LogP contribution in [0.3, 0.4) is 0 Å². The van der Waals surface area contributed by atoms with Crippen LogP contribution in [0.25, 0.3) is 0 Å². The van der Waals surface area contributed by atoms with Gasteiger partial charge in [-0.1, -0.05) is 53.7 Å². The number of hydrogen-bond acceptors (Lipinski definition) is 4. The highest BCUT2D eigenvalue weighted by atomic mass is 35.5. The summed E-state index contributed by atoms with van der Waals surface area (Å²) in [5.41, 5.74) is 0.664. The van der Waals surface area contributed by atoms with Crippen LogP contribution in [0.2, 0.25) is 5.02 Å². The third kappa shape index (κ3) is 3.86. The molecular weight excluding hydrogens is 373 g/mol. The molecule has 0 aliphatic heterocycles. The zero-order chi connectivity index (χ0) is 17.9. The van der Waals surface area contributed by atoms with Gasteiger partial charge in [0.15, 0.2) is 11.0 Å². The van der Waals surface area contributed by atoms with Crippen molar-refractivity contribution < 1.29 is 9.13 Å². The van der Waals surface area contributed by atoms with Gasteiger partial charge in [0.25, 0.3) is 0 Å². The van der Waals surface area contributed by atoms with Crippen molar-refractivity contribution in [2.24, 2.45) is 0 Å². The predicted octanol–water partition coefficient (Wildman–Crippen LogP) is 5.28. The van der Waals surface area contributed by atoms with Crippen LogP contribution in [0.1, 0.15) is 30.3 Å². The largest absolute Gasteiger partial charge is 0.484 e. The van der Waals surface area contributed by atoms with Crippen molar-refractivity contribution in [3.63, 3.8) is 0 Å². The van der Waals surface area contributed by atoms with Crippen LogP contribution >= 0.6 is 23.4 Å². The van der Waals surface area contributed by atoms with Crippen LogP contribution in [0.15, 0.2) is 53.7 Å². The van der Waals surface area contributed by atoms with Gasteiger partial charge in [-0.2, -0.15) is 0 Å². The highest BCUT2D eigenvalue weighted by Crippen LogP contribution is 2.39. The minimum atomic E-state index is -0.195. The molecule has 1 saturated carbocycles. The first-order valence-electron chi connectivity index (χ1n) is 8.39. The molecule has 0 N–H and O–H groups in total. The molecule has 26 heavy (non-hydrogen) atoms. The lowest BCUT2D eigenvalue weighted by Gasteiger charge is -2.11. The first kappa shape index (κ1) is 17.4. The molecule has 0 atom stereocenters. The van der Waals surface area contributed by atoms with E-state index in [1.165, 1.54) is 17.8 Å². The van der Waals surface area contributed by atoms with Crippen LogP contribution in [-0.2, 0) is 12.4 Å². The first-order valence-corrected chi connectivity index (χ1v) is 9.76. The highest BCUT2D eigenvalue weighted by molar-refractivity contribution is 7.98. The van der Waals surface area contributed by atoms with E-state index in [2.05, 4.69) is 14.8 Å². The normalized spacial score (nSPS) is 13.8. The average molecular weight is 390 g/mol. The Kier molecular flexibility index (Phi) is 5.13. The molecule has 1 aromatic heterocycles. The van der Waals surface area contributed by atoms with Gasteiger partial charge in [0.2, 0.25) is 0 Å². The van der Waals surface area contributed by atoms with E-state index in [4.69, 9.17) is 16.3 Å². The van der Waals surface area contributed by atoms with Gasteiger partial charge >= 0.3 is 0 Å². The molecule has 1 heterocycles. The molecule has 0 amide bonds. The van der Waals surface area contributed by atoms with E-state index in [-0.39, 0.29) is 5.82 Å². The quantitative estimate of drug-likeness (QED) is 0.515. The topological polar surface area (TPSA) is 39.9 Å². The average Bonchev–Trinajstić information content (AvgIpc) is 3.41. The summed E-state index contributed by atoms with van der Waals surface area (Å²) < 4.78 is 21.8. The minimum Gasteiger partial charge on any atom is -0.484 e. The molecule has 0 saturated heterocycles. The van der Waals surface area contributed by atoms with Gasteiger partial charge in [0.05, 0.1) is 5.02 Å². The van der Waals surface area contributed by atoms with Gasteiger partial charge in [0.1, 0.15) is 18.2 Å². The van der Waals surface area contributed by atoms with E-state index in [0.29, 0.717) is 34.7 Å². The van der Waals surface area contributed by atoms with E-state index < -0.39 is 0 Å². The summed E-state index contributed by atoms with van der Waals surface area (Å²) in [5.74, 6) is 1.71. The Hall–Kier alpha value is -2.05. The molecule has 7 heteroatoms. The Morgan fingerprint density at radius 2 is 1.88 bits per heavy atom. The molecule has 0 spiro atoms. The number of hydrogen-bond donors (Lipinski definition) is 0. The van der Waals surface area contributed by atoms with Crippen molar-refractivity contribution in [1.29, 1.82) is 0 Å². The highest BCUT2D eigenvalue weighted by Gasteiger charge is 2.30. The smallest absolute Gasteiger partial charge is 0.191 e. The SMILES string of the molecule is Fc1ccccc1CSc1nnc(COc2ccccc2Cl)n1C1CC1. The predicted molar refractivity (Wildman–Crippen MR) is 100 cm³/mol. The number of thioether (sulfide) groups is 1. The molecule has 3 aromatic rings. The summed E-state index contributed by atoms with van der Waals surface area (Å²) in [4.78, 5) is 0. The molecule has 0 unspecified atom stereocenters. The third-order valence-corrected chi connectivity index (χ3v) is 5.46. The fourth-order valence-corrected chi connectivity index (χ4v) is 3.87. The first-order chi connectivity index (χ1) is 12.7. The van der Waals surface area contributed by atoms with Gasteiger partial charge in [-0.15, -0.1) is 10.2 Å². The number of rotatable bonds is 7. The lowest BCUT2D eigenvalue weighted by molar-refractivity contribution is 0.288. The lowest BCUT2D eigenvalue weighted by atomic mass is 10.2. The van der Waals surface area contributed by atoms with E-state index >= 15 is 0 Å². The van der Waals surface area contributed by atoms with Crippen molar-refractivity contribution in [2.75, 3.05) is 0 Å². The summed E-state index contributed by atoms with van der Waals surface area (Å²) in [7, 11) is 0. The maximum absolute atomic E-state index is 13.8. The van der Waals surface area contributed by atoms with E-state index in [1.807, 2.05) is 24.3 Å². The summed E-state index contributed by atoms with van der Waals surface area (Å²) in [6.45, 7) is 0.299. The van der Waals surface area contributed by atoms with Crippen molar-refractivity contribution in [2.45, 2.75) is 36.4 Å². The second-order valence-corrected chi connectivity index (χ2v) is 7.45. The number of ether oxygens (including phenoxy) is 1. The minimum absolute atomic E-state index is 0.195. The molecule has 2 aromatic carbocycles. The van der Waals surface area contributed by atoms with Crippen LogP contribution in [0.5, 0.6) is 5.75 Å². The second kappa shape index (κ2) is 7.68. The maximum Gasteiger partial charge on any atom is 0.191 e. The monoisotopic (exact) mass is 389 g/mol. The molecule has 1 aliphatic carbocycles. The molecule has 4 nitrogen and oxygen atoms in total. The van der Waals surface area contributed by atoms with Crippen molar-refractivity contribution >= 4 is 23.4 Å². The zero-order valence-electron chi connectivity index (χ0n) is 13.9. The molecule has 134 valence electrons.